The van der Waals surface area contributed by atoms with E-state index >= 15 is 0 Å². The number of benzene rings is 3. The van der Waals surface area contributed by atoms with E-state index < -0.39 is 18.5 Å². The number of imidazole rings is 1. The number of carbonyl (C=O) groups excluding carboxylic acids is 1. The molecule has 0 fully saturated rings. The predicted octanol–water partition coefficient (Wildman–Crippen LogP) is 4.76. The van der Waals surface area contributed by atoms with Crippen molar-refractivity contribution in [2.24, 2.45) is 5.73 Å². The van der Waals surface area contributed by atoms with E-state index in [1.807, 2.05) is 0 Å². The quantitative estimate of drug-likeness (QED) is 0.200. The number of nitrogens with one attached hydrogen (secondary N) is 3. The minimum atomic E-state index is -4.90. The van der Waals surface area contributed by atoms with Crippen molar-refractivity contribution < 1.29 is 37.3 Å². The molecule has 0 unspecified atom stereocenters. The summed E-state index contributed by atoms with van der Waals surface area (Å²) in [4.78, 5) is 39.5. The number of amides is 2. The van der Waals surface area contributed by atoms with Gasteiger partial charge in [-0.15, -0.1) is 13.2 Å². The molecule has 3 aromatic carbocycles. The number of aromatic amines is 2. The normalized spacial score (nSPS) is 11.0. The first kappa shape index (κ1) is 28.4. The van der Waals surface area contributed by atoms with Crippen LogP contribution in [0.1, 0.15) is 11.3 Å². The Hall–Kier alpha value is -5.60. The van der Waals surface area contributed by atoms with Crippen LogP contribution >= 0.6 is 0 Å². The van der Waals surface area contributed by atoms with E-state index in [2.05, 4.69) is 40.7 Å². The van der Waals surface area contributed by atoms with Crippen molar-refractivity contribution in [1.82, 2.24) is 20.2 Å². The van der Waals surface area contributed by atoms with E-state index in [0.717, 1.165) is 0 Å². The van der Waals surface area contributed by atoms with Gasteiger partial charge in [0.15, 0.2) is 0 Å². The van der Waals surface area contributed by atoms with E-state index in [4.69, 9.17) is 9.90 Å². The van der Waals surface area contributed by atoms with Gasteiger partial charge in [0.25, 0.3) is 5.56 Å². The zero-order chi connectivity index (χ0) is 29.7. The molecule has 0 radical (unpaired) electrons. The highest BCUT2D eigenvalue weighted by molar-refractivity contribution is 5.89. The number of halogens is 3. The Kier molecular flexibility index (Phi) is 8.07. The molecule has 41 heavy (non-hydrogen) atoms. The van der Waals surface area contributed by atoms with Gasteiger partial charge in [0, 0.05) is 17.4 Å². The largest absolute Gasteiger partial charge is 0.573 e. The summed E-state index contributed by atoms with van der Waals surface area (Å²) < 4.78 is 48.4. The third-order valence-corrected chi connectivity index (χ3v) is 5.61. The Morgan fingerprint density at radius 3 is 2.46 bits per heavy atom. The molecule has 2 heterocycles. The van der Waals surface area contributed by atoms with Crippen molar-refractivity contribution in [1.29, 1.82) is 0 Å². The monoisotopic (exact) mass is 570 g/mol. The molecule has 5 rings (SSSR count). The maximum Gasteiger partial charge on any atom is 0.573 e. The number of aromatic nitrogens is 4. The van der Waals surface area contributed by atoms with Crippen LogP contribution in [-0.4, -0.2) is 50.9 Å². The van der Waals surface area contributed by atoms with Crippen LogP contribution in [0.5, 0.6) is 5.75 Å². The maximum absolute atomic E-state index is 13.2. The van der Waals surface area contributed by atoms with Gasteiger partial charge in [-0.3, -0.25) is 10.1 Å². The smallest absolute Gasteiger partial charge is 0.465 e. The fraction of sp³-hybridized carbons (Fsp3) is 0.115. The molecule has 2 aromatic heterocycles. The number of fused-ring (bicyclic) bond motifs is 2. The van der Waals surface area contributed by atoms with Gasteiger partial charge in [0.2, 0.25) is 5.95 Å². The van der Waals surface area contributed by atoms with E-state index in [1.165, 1.54) is 19.2 Å². The highest BCUT2D eigenvalue weighted by atomic mass is 19.4. The number of nitrogens with zero attached hydrogens (tertiary/aromatic N) is 2. The number of rotatable bonds is 5. The van der Waals surface area contributed by atoms with Crippen molar-refractivity contribution in [3.8, 4) is 16.9 Å². The number of primary amides is 1. The fourth-order valence-corrected chi connectivity index (χ4v) is 4.01. The van der Waals surface area contributed by atoms with Crippen molar-refractivity contribution >= 4 is 39.9 Å². The molecule has 0 aliphatic rings. The summed E-state index contributed by atoms with van der Waals surface area (Å²) in [5.41, 5.74) is 6.46. The summed E-state index contributed by atoms with van der Waals surface area (Å²) in [5.74, 6) is -0.266. The summed E-state index contributed by atoms with van der Waals surface area (Å²) in [6.45, 7) is 0. The molecule has 0 aliphatic heterocycles. The Labute approximate surface area is 227 Å². The topological polar surface area (TPSA) is 185 Å². The standard InChI is InChI=1S/C25H18F3N5O4.CH3NO2/c1-36-24(35)31-23-29-18-8-7-14(12-20(18)30-23)17-10-13(6-9-21(17)37-25(26,27)28)11-19-15-4-2-3-5-16(15)22(34)33-32-19;2-1(3)4/h2-10,12H,11H2,1H3,(H,33,34)(H2,29,30,31,35);2H2,(H,3,4). The van der Waals surface area contributed by atoms with Gasteiger partial charge in [0.1, 0.15) is 5.75 Å². The fourth-order valence-electron chi connectivity index (χ4n) is 4.01. The molecule has 2 amide bonds. The number of carboxylic acid groups (broad SMARTS) is 1. The van der Waals surface area contributed by atoms with Crippen molar-refractivity contribution in [2.75, 3.05) is 12.4 Å². The van der Waals surface area contributed by atoms with E-state index in [-0.39, 0.29) is 29.2 Å². The van der Waals surface area contributed by atoms with Crippen LogP contribution in [0.3, 0.4) is 0 Å². The SMILES string of the molecule is COC(=O)Nc1nc2ccc(-c3cc(Cc4n[nH]c(=O)c5ccccc45)ccc3OC(F)(F)F)cc2[nH]1.NC(=O)O. The lowest BCUT2D eigenvalue weighted by molar-refractivity contribution is -0.274. The van der Waals surface area contributed by atoms with Crippen LogP contribution in [0.15, 0.2) is 65.5 Å². The molecular formula is C26H21F3N6O6. The first-order valence-corrected chi connectivity index (χ1v) is 11.6. The first-order valence-electron chi connectivity index (χ1n) is 11.6. The average Bonchev–Trinajstić information content (AvgIpc) is 3.31. The van der Waals surface area contributed by atoms with Gasteiger partial charge >= 0.3 is 18.5 Å². The van der Waals surface area contributed by atoms with Gasteiger partial charge in [-0.05, 0) is 41.5 Å². The second kappa shape index (κ2) is 11.6. The first-order chi connectivity index (χ1) is 19.4. The van der Waals surface area contributed by atoms with Gasteiger partial charge in [-0.1, -0.05) is 30.3 Å². The number of anilines is 1. The summed E-state index contributed by atoms with van der Waals surface area (Å²) in [5, 5.41) is 17.3. The number of methoxy groups -OCH3 is 1. The minimum Gasteiger partial charge on any atom is -0.465 e. The van der Waals surface area contributed by atoms with Crippen LogP contribution in [0, 0.1) is 0 Å². The minimum absolute atomic E-state index is 0.121. The maximum atomic E-state index is 13.2. The molecule has 0 spiro atoms. The molecule has 0 bridgehead atoms. The molecule has 0 aliphatic carbocycles. The van der Waals surface area contributed by atoms with Gasteiger partial charge < -0.3 is 25.3 Å². The number of hydrogen-bond acceptors (Lipinski definition) is 7. The predicted molar refractivity (Wildman–Crippen MR) is 142 cm³/mol. The molecular weight excluding hydrogens is 549 g/mol. The Morgan fingerprint density at radius 2 is 1.78 bits per heavy atom. The lowest BCUT2D eigenvalue weighted by Crippen LogP contribution is -2.17. The zero-order valence-corrected chi connectivity index (χ0v) is 21.1. The average molecular weight is 570 g/mol. The molecule has 0 saturated heterocycles. The van der Waals surface area contributed by atoms with Gasteiger partial charge in [-0.25, -0.2) is 19.7 Å². The number of ether oxygens (including phenoxy) is 2. The molecule has 12 nitrogen and oxygen atoms in total. The van der Waals surface area contributed by atoms with E-state index in [1.54, 1.807) is 48.5 Å². The summed E-state index contributed by atoms with van der Waals surface area (Å²) >= 11 is 0. The van der Waals surface area contributed by atoms with Crippen molar-refractivity contribution in [2.45, 2.75) is 12.8 Å². The Morgan fingerprint density at radius 1 is 1.07 bits per heavy atom. The van der Waals surface area contributed by atoms with Crippen LogP contribution in [0.25, 0.3) is 32.9 Å². The van der Waals surface area contributed by atoms with Crippen molar-refractivity contribution in [3.63, 3.8) is 0 Å². The highest BCUT2D eigenvalue weighted by Gasteiger charge is 2.32. The van der Waals surface area contributed by atoms with Crippen LogP contribution in [-0.2, 0) is 11.2 Å². The highest BCUT2D eigenvalue weighted by Crippen LogP contribution is 2.36. The van der Waals surface area contributed by atoms with E-state index in [0.29, 0.717) is 38.6 Å². The number of carbonyl (C=O) groups is 2. The molecule has 0 saturated carbocycles. The second-order valence-electron chi connectivity index (χ2n) is 8.37. The number of nitrogens with two attached hydrogens (primary N) is 1. The summed E-state index contributed by atoms with van der Waals surface area (Å²) in [7, 11) is 1.21. The third kappa shape index (κ3) is 7.08. The van der Waals surface area contributed by atoms with Gasteiger partial charge in [0.05, 0.1) is 29.2 Å². The number of hydrogen-bond donors (Lipinski definition) is 5. The molecule has 15 heteroatoms. The second-order valence-corrected chi connectivity index (χ2v) is 8.37. The molecule has 5 aromatic rings. The third-order valence-electron chi connectivity index (χ3n) is 5.61. The Bertz CT molecular complexity index is 1800. The number of H-pyrrole nitrogens is 2. The van der Waals surface area contributed by atoms with Crippen LogP contribution < -0.4 is 21.3 Å². The molecule has 6 N–H and O–H groups in total. The van der Waals surface area contributed by atoms with Crippen molar-refractivity contribution in [3.05, 3.63) is 82.3 Å². The Balaban J connectivity index is 0.000000909. The lowest BCUT2D eigenvalue weighted by Gasteiger charge is -2.15. The van der Waals surface area contributed by atoms with Gasteiger partial charge in [-0.2, -0.15) is 5.10 Å². The zero-order valence-electron chi connectivity index (χ0n) is 21.1. The molecule has 0 atom stereocenters. The van der Waals surface area contributed by atoms with Crippen LogP contribution in [0.2, 0.25) is 0 Å². The summed E-state index contributed by atoms with van der Waals surface area (Å²) in [6, 6.07) is 16.1. The van der Waals surface area contributed by atoms with E-state index in [9.17, 15) is 22.8 Å². The number of alkyl halides is 3. The summed E-state index contributed by atoms with van der Waals surface area (Å²) in [6.07, 6.45) is -6.71. The molecule has 212 valence electrons. The lowest BCUT2D eigenvalue weighted by atomic mass is 9.98. The van der Waals surface area contributed by atoms with Crippen LogP contribution in [0.4, 0.5) is 28.7 Å².